The number of unbranched alkanes of at least 4 members (excludes halogenated alkanes) is 1. The number of carboxylic acid groups (broad SMARTS) is 1. The van der Waals surface area contributed by atoms with Crippen LogP contribution in [0.5, 0.6) is 0 Å². The lowest BCUT2D eigenvalue weighted by atomic mass is 10.1. The highest BCUT2D eigenvalue weighted by Crippen LogP contribution is 2.24. The summed E-state index contributed by atoms with van der Waals surface area (Å²) in [6.45, 7) is 3.98. The lowest BCUT2D eigenvalue weighted by Gasteiger charge is -2.15. The Bertz CT molecular complexity index is 1030. The summed E-state index contributed by atoms with van der Waals surface area (Å²) < 4.78 is 2.61. The quantitative estimate of drug-likeness (QED) is 0.679. The van der Waals surface area contributed by atoms with Gasteiger partial charge in [0.15, 0.2) is 4.80 Å². The second-order valence-electron chi connectivity index (χ2n) is 6.50. The summed E-state index contributed by atoms with van der Waals surface area (Å²) in [5.74, 6) is -1.27. The molecule has 0 saturated heterocycles. The fraction of sp³-hybridized carbons (Fsp3) is 0.286. The molecule has 1 N–H and O–H groups in total. The van der Waals surface area contributed by atoms with Crippen LogP contribution < -0.4 is 4.80 Å². The van der Waals surface area contributed by atoms with Crippen molar-refractivity contribution in [1.29, 1.82) is 0 Å². The number of benzene rings is 2. The third kappa shape index (κ3) is 4.17. The second-order valence-corrected chi connectivity index (χ2v) is 7.51. The van der Waals surface area contributed by atoms with Crippen LogP contribution in [0.15, 0.2) is 53.5 Å². The van der Waals surface area contributed by atoms with Gasteiger partial charge in [-0.1, -0.05) is 60.9 Å². The van der Waals surface area contributed by atoms with Gasteiger partial charge in [-0.2, -0.15) is 4.99 Å². The Morgan fingerprint density at radius 1 is 1.15 bits per heavy atom. The molecule has 0 aliphatic heterocycles. The summed E-state index contributed by atoms with van der Waals surface area (Å²) >= 11 is 1.34. The number of thiazole rings is 1. The van der Waals surface area contributed by atoms with Gasteiger partial charge < -0.3 is 9.67 Å². The Labute approximate surface area is 161 Å². The number of aryl methyl sites for hydroxylation is 1. The van der Waals surface area contributed by atoms with Crippen molar-refractivity contribution in [3.8, 4) is 0 Å². The molecule has 0 fully saturated rings. The number of hydrogen-bond acceptors (Lipinski definition) is 3. The number of para-hydroxylation sites is 1. The Balaban J connectivity index is 2.15. The van der Waals surface area contributed by atoms with Crippen LogP contribution in [0, 0.1) is 6.92 Å². The molecule has 140 valence electrons. The van der Waals surface area contributed by atoms with Crippen LogP contribution in [0.3, 0.4) is 0 Å². The summed E-state index contributed by atoms with van der Waals surface area (Å²) in [5.41, 5.74) is 2.35. The SMILES string of the molecule is CCCCC(C(=O)O)n1c(=NC(=O)c2ccc(C)cc2)sc2ccccc21. The minimum absolute atomic E-state index is 0.366. The van der Waals surface area contributed by atoms with Crippen LogP contribution in [0.4, 0.5) is 0 Å². The van der Waals surface area contributed by atoms with Crippen molar-refractivity contribution in [3.63, 3.8) is 0 Å². The average molecular weight is 382 g/mol. The second kappa shape index (κ2) is 8.31. The third-order valence-electron chi connectivity index (χ3n) is 4.46. The molecule has 0 radical (unpaired) electrons. The normalized spacial score (nSPS) is 13.0. The molecule has 6 heteroatoms. The molecule has 1 aromatic heterocycles. The molecule has 1 heterocycles. The van der Waals surface area contributed by atoms with Crippen LogP contribution in [0.2, 0.25) is 0 Å². The molecule has 27 heavy (non-hydrogen) atoms. The fourth-order valence-electron chi connectivity index (χ4n) is 2.98. The van der Waals surface area contributed by atoms with Gasteiger partial charge in [0.25, 0.3) is 5.91 Å². The zero-order valence-electron chi connectivity index (χ0n) is 15.4. The van der Waals surface area contributed by atoms with E-state index in [9.17, 15) is 14.7 Å². The van der Waals surface area contributed by atoms with E-state index in [0.717, 1.165) is 28.6 Å². The standard InChI is InChI=1S/C21H22N2O3S/c1-3-4-7-17(20(25)26)23-16-8-5-6-9-18(16)27-21(23)22-19(24)15-12-10-14(2)11-13-15/h5-6,8-13,17H,3-4,7H2,1-2H3,(H,25,26). The highest BCUT2D eigenvalue weighted by atomic mass is 32.1. The summed E-state index contributed by atoms with van der Waals surface area (Å²) in [7, 11) is 0. The first-order valence-corrected chi connectivity index (χ1v) is 9.81. The Morgan fingerprint density at radius 2 is 1.85 bits per heavy atom. The highest BCUT2D eigenvalue weighted by molar-refractivity contribution is 7.16. The summed E-state index contributed by atoms with van der Waals surface area (Å²) in [6, 6.07) is 14.0. The van der Waals surface area contributed by atoms with E-state index in [-0.39, 0.29) is 5.91 Å². The summed E-state index contributed by atoms with van der Waals surface area (Å²) in [4.78, 5) is 29.3. The minimum atomic E-state index is -0.906. The van der Waals surface area contributed by atoms with Gasteiger partial charge in [-0.05, 0) is 37.6 Å². The molecule has 3 rings (SSSR count). The van der Waals surface area contributed by atoms with Gasteiger partial charge in [0.05, 0.1) is 10.2 Å². The van der Waals surface area contributed by atoms with E-state index in [1.165, 1.54) is 11.3 Å². The van der Waals surface area contributed by atoms with Gasteiger partial charge in [0, 0.05) is 5.56 Å². The number of hydrogen-bond donors (Lipinski definition) is 1. The van der Waals surface area contributed by atoms with Crippen molar-refractivity contribution in [2.75, 3.05) is 0 Å². The Hall–Kier alpha value is -2.73. The molecule has 2 aromatic carbocycles. The van der Waals surface area contributed by atoms with E-state index in [1.807, 2.05) is 50.2 Å². The van der Waals surface area contributed by atoms with Crippen molar-refractivity contribution in [2.24, 2.45) is 4.99 Å². The smallest absolute Gasteiger partial charge is 0.326 e. The number of fused-ring (bicyclic) bond motifs is 1. The van der Waals surface area contributed by atoms with Crippen LogP contribution in [0.25, 0.3) is 10.2 Å². The van der Waals surface area contributed by atoms with Gasteiger partial charge in [0.1, 0.15) is 6.04 Å². The van der Waals surface area contributed by atoms with Crippen molar-refractivity contribution >= 4 is 33.4 Å². The van der Waals surface area contributed by atoms with Crippen LogP contribution >= 0.6 is 11.3 Å². The van der Waals surface area contributed by atoms with Gasteiger partial charge in [-0.3, -0.25) is 4.79 Å². The van der Waals surface area contributed by atoms with Gasteiger partial charge in [-0.25, -0.2) is 4.79 Å². The maximum Gasteiger partial charge on any atom is 0.326 e. The van der Waals surface area contributed by atoms with Crippen LogP contribution in [-0.4, -0.2) is 21.6 Å². The first-order valence-electron chi connectivity index (χ1n) is 9.00. The molecule has 0 bridgehead atoms. The van der Waals surface area contributed by atoms with E-state index < -0.39 is 12.0 Å². The van der Waals surface area contributed by atoms with E-state index in [1.54, 1.807) is 16.7 Å². The molecule has 5 nitrogen and oxygen atoms in total. The van der Waals surface area contributed by atoms with E-state index in [2.05, 4.69) is 4.99 Å². The average Bonchev–Trinajstić information content (AvgIpc) is 3.00. The lowest BCUT2D eigenvalue weighted by molar-refractivity contribution is -0.141. The number of nitrogens with zero attached hydrogens (tertiary/aromatic N) is 2. The van der Waals surface area contributed by atoms with Crippen molar-refractivity contribution in [2.45, 2.75) is 39.2 Å². The number of carbonyl (C=O) groups excluding carboxylic acids is 1. The molecule has 1 unspecified atom stereocenters. The van der Waals surface area contributed by atoms with Crippen LogP contribution in [-0.2, 0) is 4.79 Å². The number of aromatic nitrogens is 1. The molecule has 3 aromatic rings. The molecular formula is C21H22N2O3S. The highest BCUT2D eigenvalue weighted by Gasteiger charge is 2.23. The molecule has 0 aliphatic carbocycles. The molecule has 1 amide bonds. The van der Waals surface area contributed by atoms with Crippen molar-refractivity contribution in [3.05, 3.63) is 64.5 Å². The van der Waals surface area contributed by atoms with Crippen molar-refractivity contribution in [1.82, 2.24) is 4.57 Å². The van der Waals surface area contributed by atoms with Gasteiger partial charge >= 0.3 is 5.97 Å². The van der Waals surface area contributed by atoms with E-state index >= 15 is 0 Å². The van der Waals surface area contributed by atoms with Gasteiger partial charge in [0.2, 0.25) is 0 Å². The summed E-state index contributed by atoms with van der Waals surface area (Å²) in [6.07, 6.45) is 2.19. The number of carbonyl (C=O) groups is 2. The predicted molar refractivity (Wildman–Crippen MR) is 107 cm³/mol. The Kier molecular flexibility index (Phi) is 5.86. The zero-order chi connectivity index (χ0) is 19.4. The molecule has 1 atom stereocenters. The number of aliphatic carboxylic acids is 1. The first kappa shape index (κ1) is 19.0. The molecule has 0 aliphatic rings. The number of rotatable bonds is 6. The minimum Gasteiger partial charge on any atom is -0.480 e. The Morgan fingerprint density at radius 3 is 2.52 bits per heavy atom. The zero-order valence-corrected chi connectivity index (χ0v) is 16.2. The molecule has 0 spiro atoms. The van der Waals surface area contributed by atoms with Crippen LogP contribution in [0.1, 0.15) is 48.1 Å². The number of amides is 1. The third-order valence-corrected chi connectivity index (χ3v) is 5.49. The van der Waals surface area contributed by atoms with Crippen molar-refractivity contribution < 1.29 is 14.7 Å². The maximum atomic E-state index is 12.6. The molecule has 0 saturated carbocycles. The largest absolute Gasteiger partial charge is 0.480 e. The van der Waals surface area contributed by atoms with E-state index in [0.29, 0.717) is 16.8 Å². The first-order chi connectivity index (χ1) is 13.0. The molecular weight excluding hydrogens is 360 g/mol. The predicted octanol–water partition coefficient (Wildman–Crippen LogP) is 4.57. The topological polar surface area (TPSA) is 71.7 Å². The van der Waals surface area contributed by atoms with E-state index in [4.69, 9.17) is 0 Å². The fourth-order valence-corrected chi connectivity index (χ4v) is 4.05. The summed E-state index contributed by atoms with van der Waals surface area (Å²) in [5, 5.41) is 9.79. The lowest BCUT2D eigenvalue weighted by Crippen LogP contribution is -2.28. The van der Waals surface area contributed by atoms with Gasteiger partial charge in [-0.15, -0.1) is 0 Å². The maximum absolute atomic E-state index is 12.6. The number of carboxylic acids is 1. The monoisotopic (exact) mass is 382 g/mol.